The lowest BCUT2D eigenvalue weighted by molar-refractivity contribution is 0.296. The summed E-state index contributed by atoms with van der Waals surface area (Å²) in [5, 5.41) is 12.0. The van der Waals surface area contributed by atoms with E-state index in [1.165, 1.54) is 0 Å². The smallest absolute Gasteiger partial charge is 0.0477 e. The molecule has 0 aromatic heterocycles. The third-order valence-corrected chi connectivity index (χ3v) is 3.96. The average Bonchev–Trinajstić information content (AvgIpc) is 2.26. The van der Waals surface area contributed by atoms with Crippen LogP contribution in [0.3, 0.4) is 0 Å². The van der Waals surface area contributed by atoms with Crippen LogP contribution in [0.5, 0.6) is 0 Å². The molecular formula is C11H17IN2OS. The molecule has 0 fully saturated rings. The molecule has 0 aliphatic rings. The Bertz CT molecular complexity index is 323. The molecule has 0 heterocycles. The van der Waals surface area contributed by atoms with Crippen LogP contribution in [0.1, 0.15) is 6.42 Å². The van der Waals surface area contributed by atoms with Gasteiger partial charge in [-0.1, -0.05) is 0 Å². The van der Waals surface area contributed by atoms with Gasteiger partial charge in [0.15, 0.2) is 0 Å². The van der Waals surface area contributed by atoms with Crippen LogP contribution in [0.25, 0.3) is 0 Å². The van der Waals surface area contributed by atoms with Gasteiger partial charge < -0.3 is 16.2 Å². The first kappa shape index (κ1) is 13.9. The monoisotopic (exact) mass is 352 g/mol. The number of rotatable bonds is 7. The Morgan fingerprint density at radius 2 is 2.19 bits per heavy atom. The van der Waals surface area contributed by atoms with Gasteiger partial charge in [0.25, 0.3) is 0 Å². The number of halogens is 1. The summed E-state index contributed by atoms with van der Waals surface area (Å²) in [4.78, 5) is 0. The van der Waals surface area contributed by atoms with Gasteiger partial charge in [0.1, 0.15) is 0 Å². The molecular weight excluding hydrogens is 335 g/mol. The lowest BCUT2D eigenvalue weighted by Gasteiger charge is -2.08. The molecule has 0 unspecified atom stereocenters. The van der Waals surface area contributed by atoms with E-state index in [-0.39, 0.29) is 6.61 Å². The minimum Gasteiger partial charge on any atom is -0.399 e. The second kappa shape index (κ2) is 8.03. The van der Waals surface area contributed by atoms with Crippen molar-refractivity contribution >= 4 is 45.7 Å². The molecule has 0 aliphatic heterocycles. The number of benzene rings is 1. The number of hydrogen-bond acceptors (Lipinski definition) is 4. The van der Waals surface area contributed by atoms with E-state index in [4.69, 9.17) is 10.8 Å². The fourth-order valence-electron chi connectivity index (χ4n) is 1.20. The van der Waals surface area contributed by atoms with E-state index in [9.17, 15) is 0 Å². The molecule has 3 nitrogen and oxygen atoms in total. The zero-order valence-corrected chi connectivity index (χ0v) is 12.1. The van der Waals surface area contributed by atoms with Crippen LogP contribution in [-0.2, 0) is 0 Å². The first-order valence-electron chi connectivity index (χ1n) is 5.21. The molecule has 0 saturated carbocycles. The highest BCUT2D eigenvalue weighted by atomic mass is 127. The summed E-state index contributed by atoms with van der Waals surface area (Å²) in [5.74, 6) is 2.08. The molecule has 1 rings (SSSR count). The predicted molar refractivity (Wildman–Crippen MR) is 81.1 cm³/mol. The lowest BCUT2D eigenvalue weighted by atomic mass is 10.3. The summed E-state index contributed by atoms with van der Waals surface area (Å²) in [6.45, 7) is 1.23. The summed E-state index contributed by atoms with van der Waals surface area (Å²) in [6.07, 6.45) is 0.879. The first-order chi connectivity index (χ1) is 7.74. The molecule has 5 heteroatoms. The van der Waals surface area contributed by atoms with Gasteiger partial charge in [0.2, 0.25) is 0 Å². The van der Waals surface area contributed by atoms with Gasteiger partial charge in [-0.15, -0.1) is 0 Å². The van der Waals surface area contributed by atoms with Gasteiger partial charge in [-0.2, -0.15) is 11.8 Å². The molecule has 0 saturated heterocycles. The third-order valence-electron chi connectivity index (χ3n) is 2.00. The lowest BCUT2D eigenvalue weighted by Crippen LogP contribution is -2.06. The van der Waals surface area contributed by atoms with Crippen LogP contribution >= 0.6 is 34.4 Å². The number of hydrogen-bond donors (Lipinski definition) is 3. The summed E-state index contributed by atoms with van der Waals surface area (Å²) < 4.78 is 1.15. The van der Waals surface area contributed by atoms with Crippen LogP contribution < -0.4 is 11.1 Å². The number of nitrogens with two attached hydrogens (primary N) is 1. The van der Waals surface area contributed by atoms with Crippen molar-refractivity contribution in [2.45, 2.75) is 6.42 Å². The van der Waals surface area contributed by atoms with Gasteiger partial charge in [-0.25, -0.2) is 0 Å². The molecule has 16 heavy (non-hydrogen) atoms. The van der Waals surface area contributed by atoms with Crippen molar-refractivity contribution in [1.29, 1.82) is 0 Å². The highest BCUT2D eigenvalue weighted by Gasteiger charge is 1.98. The second-order valence-corrected chi connectivity index (χ2v) is 5.74. The Morgan fingerprint density at radius 1 is 1.38 bits per heavy atom. The molecule has 0 radical (unpaired) electrons. The molecule has 90 valence electrons. The number of aliphatic hydroxyl groups is 1. The van der Waals surface area contributed by atoms with Crippen LogP contribution in [0.15, 0.2) is 18.2 Å². The van der Waals surface area contributed by atoms with Crippen molar-refractivity contribution in [2.24, 2.45) is 0 Å². The predicted octanol–water partition coefficient (Wildman–Crippen LogP) is 2.40. The Balaban J connectivity index is 2.21. The highest BCUT2D eigenvalue weighted by Crippen LogP contribution is 2.20. The van der Waals surface area contributed by atoms with Crippen LogP contribution in [0.4, 0.5) is 11.4 Å². The molecule has 0 aliphatic carbocycles. The summed E-state index contributed by atoms with van der Waals surface area (Å²) in [6, 6.07) is 5.88. The number of anilines is 2. The van der Waals surface area contributed by atoms with Crippen LogP contribution in [-0.4, -0.2) is 29.8 Å². The summed E-state index contributed by atoms with van der Waals surface area (Å²) >= 11 is 4.13. The average molecular weight is 352 g/mol. The second-order valence-electron chi connectivity index (χ2n) is 3.36. The van der Waals surface area contributed by atoms with E-state index in [1.807, 2.05) is 30.0 Å². The standard InChI is InChI=1S/C11H17IN2OS/c12-10-8-9(13)2-3-11(10)14-4-7-16-6-1-5-15/h2-3,8,14-15H,1,4-7,13H2. The highest BCUT2D eigenvalue weighted by molar-refractivity contribution is 14.1. The van der Waals surface area contributed by atoms with Crippen molar-refractivity contribution in [1.82, 2.24) is 0 Å². The molecule has 4 N–H and O–H groups in total. The van der Waals surface area contributed by atoms with E-state index in [0.29, 0.717) is 0 Å². The van der Waals surface area contributed by atoms with Gasteiger partial charge >= 0.3 is 0 Å². The Labute approximate surface area is 114 Å². The van der Waals surface area contributed by atoms with E-state index < -0.39 is 0 Å². The van der Waals surface area contributed by atoms with Gasteiger partial charge in [-0.05, 0) is 53.0 Å². The summed E-state index contributed by atoms with van der Waals surface area (Å²) in [7, 11) is 0. The van der Waals surface area contributed by atoms with E-state index in [1.54, 1.807) is 0 Å². The Hall–Kier alpha value is -0.140. The van der Waals surface area contributed by atoms with Crippen molar-refractivity contribution in [3.8, 4) is 0 Å². The van der Waals surface area contributed by atoms with Crippen molar-refractivity contribution in [3.05, 3.63) is 21.8 Å². The number of nitrogen functional groups attached to an aromatic ring is 1. The molecule has 0 bridgehead atoms. The minimum atomic E-state index is 0.288. The molecule has 1 aromatic rings. The maximum atomic E-state index is 8.62. The molecule has 0 spiro atoms. The molecule has 0 amide bonds. The SMILES string of the molecule is Nc1ccc(NCCSCCCO)c(I)c1. The fraction of sp³-hybridized carbons (Fsp3) is 0.455. The minimum absolute atomic E-state index is 0.288. The van der Waals surface area contributed by atoms with Gasteiger partial charge in [0.05, 0.1) is 0 Å². The van der Waals surface area contributed by atoms with E-state index >= 15 is 0 Å². The molecule has 1 aromatic carbocycles. The molecule has 0 atom stereocenters. The van der Waals surface area contributed by atoms with Crippen molar-refractivity contribution in [3.63, 3.8) is 0 Å². The Kier molecular flexibility index (Phi) is 6.98. The quantitative estimate of drug-likeness (QED) is 0.401. The summed E-state index contributed by atoms with van der Waals surface area (Å²) in [5.41, 5.74) is 7.61. The fourth-order valence-corrected chi connectivity index (χ4v) is 2.72. The van der Waals surface area contributed by atoms with E-state index in [0.717, 1.165) is 39.4 Å². The normalized spacial score (nSPS) is 10.4. The number of aliphatic hydroxyl groups excluding tert-OH is 1. The van der Waals surface area contributed by atoms with Crippen molar-refractivity contribution < 1.29 is 5.11 Å². The maximum Gasteiger partial charge on any atom is 0.0477 e. The maximum absolute atomic E-state index is 8.62. The zero-order valence-electron chi connectivity index (χ0n) is 9.08. The Morgan fingerprint density at radius 3 is 2.88 bits per heavy atom. The first-order valence-corrected chi connectivity index (χ1v) is 7.45. The van der Waals surface area contributed by atoms with Crippen molar-refractivity contribution in [2.75, 3.05) is 35.7 Å². The zero-order chi connectivity index (χ0) is 11.8. The number of thioether (sulfide) groups is 1. The van der Waals surface area contributed by atoms with Gasteiger partial charge in [0, 0.05) is 33.8 Å². The largest absolute Gasteiger partial charge is 0.399 e. The topological polar surface area (TPSA) is 58.3 Å². The third kappa shape index (κ3) is 5.27. The van der Waals surface area contributed by atoms with Gasteiger partial charge in [-0.3, -0.25) is 0 Å². The van der Waals surface area contributed by atoms with Crippen LogP contribution in [0, 0.1) is 3.57 Å². The number of nitrogens with one attached hydrogen (secondary N) is 1. The van der Waals surface area contributed by atoms with E-state index in [2.05, 4.69) is 27.9 Å². The van der Waals surface area contributed by atoms with Crippen LogP contribution in [0.2, 0.25) is 0 Å².